The summed E-state index contributed by atoms with van der Waals surface area (Å²) in [6, 6.07) is 8.95. The highest BCUT2D eigenvalue weighted by atomic mass is 16.3. The topological polar surface area (TPSA) is 67.6 Å². The van der Waals surface area contributed by atoms with Crippen molar-refractivity contribution in [2.45, 2.75) is 32.4 Å². The highest BCUT2D eigenvalue weighted by molar-refractivity contribution is 5.94. The minimum absolute atomic E-state index is 0.0681. The lowest BCUT2D eigenvalue weighted by Crippen LogP contribution is -2.47. The molecule has 2 rings (SSSR count). The lowest BCUT2D eigenvalue weighted by atomic mass is 10.0. The van der Waals surface area contributed by atoms with Crippen molar-refractivity contribution in [3.63, 3.8) is 0 Å². The molecule has 0 spiro atoms. The molecule has 1 fully saturated rings. The number of aliphatic hydroxyl groups is 1. The average Bonchev–Trinajstić information content (AvgIpc) is 2.96. The second-order valence-corrected chi connectivity index (χ2v) is 6.62. The number of rotatable bonds is 5. The summed E-state index contributed by atoms with van der Waals surface area (Å²) in [5.74, 6) is 0.237. The SMILES string of the molecule is CC(C)[C@@H](CN1CC[C@H](O)C1)N(C)C(=O)c1cccc(C#N)c1. The Morgan fingerprint density at radius 1 is 1.52 bits per heavy atom. The predicted octanol–water partition coefficient (Wildman–Crippen LogP) is 1.72. The Hall–Kier alpha value is -1.90. The van der Waals surface area contributed by atoms with Gasteiger partial charge in [-0.25, -0.2) is 0 Å². The molecule has 23 heavy (non-hydrogen) atoms. The number of likely N-dealkylation sites (N-methyl/N-ethyl adjacent to an activating group) is 1. The number of carbonyl (C=O) groups is 1. The first-order chi connectivity index (χ1) is 10.9. The lowest BCUT2D eigenvalue weighted by Gasteiger charge is -2.34. The average molecular weight is 315 g/mol. The van der Waals surface area contributed by atoms with Crippen LogP contribution in [0.2, 0.25) is 0 Å². The standard InChI is InChI=1S/C18H25N3O2/c1-13(2)17(12-21-8-7-16(22)11-21)20(3)18(23)15-6-4-5-14(9-15)10-19/h4-6,9,13,16-17,22H,7-8,11-12H2,1-3H3/t16-,17+/m0/s1. The summed E-state index contributed by atoms with van der Waals surface area (Å²) in [6.07, 6.45) is 0.545. The highest BCUT2D eigenvalue weighted by Gasteiger charge is 2.29. The zero-order valence-electron chi connectivity index (χ0n) is 14.1. The molecule has 0 aliphatic carbocycles. The number of hydrogen-bond donors (Lipinski definition) is 1. The smallest absolute Gasteiger partial charge is 0.253 e. The van der Waals surface area contributed by atoms with E-state index < -0.39 is 0 Å². The van der Waals surface area contributed by atoms with Crippen LogP contribution < -0.4 is 0 Å². The Balaban J connectivity index is 2.11. The lowest BCUT2D eigenvalue weighted by molar-refractivity contribution is 0.0633. The van der Waals surface area contributed by atoms with Crippen LogP contribution in [0.5, 0.6) is 0 Å². The first-order valence-electron chi connectivity index (χ1n) is 8.10. The van der Waals surface area contributed by atoms with Crippen molar-refractivity contribution in [3.05, 3.63) is 35.4 Å². The molecule has 5 heteroatoms. The highest BCUT2D eigenvalue weighted by Crippen LogP contribution is 2.18. The number of likely N-dealkylation sites (tertiary alicyclic amines) is 1. The van der Waals surface area contributed by atoms with Crippen LogP contribution in [0.15, 0.2) is 24.3 Å². The van der Waals surface area contributed by atoms with Crippen molar-refractivity contribution >= 4 is 5.91 Å². The number of benzene rings is 1. The van der Waals surface area contributed by atoms with E-state index in [9.17, 15) is 9.90 Å². The molecule has 1 amide bonds. The molecular weight excluding hydrogens is 290 g/mol. The van der Waals surface area contributed by atoms with Crippen molar-refractivity contribution < 1.29 is 9.90 Å². The minimum Gasteiger partial charge on any atom is -0.392 e. The molecule has 0 saturated carbocycles. The fraction of sp³-hybridized carbons (Fsp3) is 0.556. The zero-order chi connectivity index (χ0) is 17.0. The zero-order valence-corrected chi connectivity index (χ0v) is 14.1. The van der Waals surface area contributed by atoms with E-state index >= 15 is 0 Å². The molecule has 124 valence electrons. The maximum atomic E-state index is 12.7. The predicted molar refractivity (Wildman–Crippen MR) is 88.9 cm³/mol. The van der Waals surface area contributed by atoms with Gasteiger partial charge in [0.2, 0.25) is 0 Å². The monoisotopic (exact) mass is 315 g/mol. The van der Waals surface area contributed by atoms with E-state index in [0.717, 1.165) is 19.5 Å². The maximum absolute atomic E-state index is 12.7. The van der Waals surface area contributed by atoms with E-state index in [2.05, 4.69) is 24.8 Å². The van der Waals surface area contributed by atoms with Crippen LogP contribution in [0.4, 0.5) is 0 Å². The first-order valence-corrected chi connectivity index (χ1v) is 8.10. The van der Waals surface area contributed by atoms with E-state index in [1.54, 1.807) is 29.2 Å². The second-order valence-electron chi connectivity index (χ2n) is 6.62. The third kappa shape index (κ3) is 4.31. The number of nitriles is 1. The van der Waals surface area contributed by atoms with Gasteiger partial charge in [0.1, 0.15) is 0 Å². The number of nitrogens with zero attached hydrogens (tertiary/aromatic N) is 3. The van der Waals surface area contributed by atoms with E-state index in [-0.39, 0.29) is 18.1 Å². The Labute approximate surface area is 138 Å². The Kier molecular flexibility index (Phi) is 5.75. The Bertz CT molecular complexity index is 594. The molecule has 1 aliphatic heterocycles. The summed E-state index contributed by atoms with van der Waals surface area (Å²) in [7, 11) is 1.82. The Morgan fingerprint density at radius 2 is 2.26 bits per heavy atom. The van der Waals surface area contributed by atoms with Crippen LogP contribution >= 0.6 is 0 Å². The van der Waals surface area contributed by atoms with Gasteiger partial charge in [-0.2, -0.15) is 5.26 Å². The molecule has 2 atom stereocenters. The number of amides is 1. The van der Waals surface area contributed by atoms with E-state index in [4.69, 9.17) is 5.26 Å². The molecule has 1 aromatic rings. The van der Waals surface area contributed by atoms with Crippen LogP contribution in [0.1, 0.15) is 36.2 Å². The van der Waals surface area contributed by atoms with E-state index in [1.165, 1.54) is 0 Å². The quantitative estimate of drug-likeness (QED) is 0.898. The van der Waals surface area contributed by atoms with Gasteiger partial charge in [-0.05, 0) is 30.5 Å². The molecule has 0 radical (unpaired) electrons. The van der Waals surface area contributed by atoms with Gasteiger partial charge in [0.15, 0.2) is 0 Å². The molecule has 1 N–H and O–H groups in total. The van der Waals surface area contributed by atoms with Gasteiger partial charge in [-0.3, -0.25) is 9.69 Å². The minimum atomic E-state index is -0.254. The van der Waals surface area contributed by atoms with Gasteiger partial charge in [-0.15, -0.1) is 0 Å². The Morgan fingerprint density at radius 3 is 2.83 bits per heavy atom. The van der Waals surface area contributed by atoms with Gasteiger partial charge in [0.25, 0.3) is 5.91 Å². The third-order valence-electron chi connectivity index (χ3n) is 4.52. The van der Waals surface area contributed by atoms with E-state index in [0.29, 0.717) is 23.6 Å². The summed E-state index contributed by atoms with van der Waals surface area (Å²) in [5, 5.41) is 18.7. The molecule has 0 aromatic heterocycles. The molecule has 1 heterocycles. The number of carbonyl (C=O) groups excluding carboxylic acids is 1. The molecule has 0 unspecified atom stereocenters. The van der Waals surface area contributed by atoms with Gasteiger partial charge in [0.05, 0.1) is 17.7 Å². The van der Waals surface area contributed by atoms with Crippen molar-refractivity contribution in [3.8, 4) is 6.07 Å². The van der Waals surface area contributed by atoms with Crippen molar-refractivity contribution in [2.24, 2.45) is 5.92 Å². The second kappa shape index (κ2) is 7.58. The number of β-amino-alcohol motifs (C(OH)–C–C–N with tert-alkyl or cyclic N) is 1. The van der Waals surface area contributed by atoms with Gasteiger partial charge < -0.3 is 10.0 Å². The van der Waals surface area contributed by atoms with Crippen LogP contribution in [-0.2, 0) is 0 Å². The summed E-state index contributed by atoms with van der Waals surface area (Å²) in [5.41, 5.74) is 1.03. The molecule has 1 aliphatic rings. The molecular formula is C18H25N3O2. The molecule has 1 aromatic carbocycles. The summed E-state index contributed by atoms with van der Waals surface area (Å²) >= 11 is 0. The van der Waals surface area contributed by atoms with Gasteiger partial charge >= 0.3 is 0 Å². The van der Waals surface area contributed by atoms with Crippen LogP contribution in [0.25, 0.3) is 0 Å². The largest absolute Gasteiger partial charge is 0.392 e. The maximum Gasteiger partial charge on any atom is 0.253 e. The molecule has 1 saturated heterocycles. The number of hydrogen-bond acceptors (Lipinski definition) is 4. The summed E-state index contributed by atoms with van der Waals surface area (Å²) < 4.78 is 0. The fourth-order valence-electron chi connectivity index (χ4n) is 3.10. The van der Waals surface area contributed by atoms with Crippen molar-refractivity contribution in [2.75, 3.05) is 26.7 Å². The number of aliphatic hydroxyl groups excluding tert-OH is 1. The van der Waals surface area contributed by atoms with Gasteiger partial charge in [0, 0.05) is 38.3 Å². The third-order valence-corrected chi connectivity index (χ3v) is 4.52. The van der Waals surface area contributed by atoms with Crippen molar-refractivity contribution in [1.82, 2.24) is 9.80 Å². The summed E-state index contributed by atoms with van der Waals surface area (Å²) in [6.45, 7) is 6.51. The van der Waals surface area contributed by atoms with Crippen LogP contribution in [0.3, 0.4) is 0 Å². The normalized spacial score (nSPS) is 19.6. The fourth-order valence-corrected chi connectivity index (χ4v) is 3.10. The summed E-state index contributed by atoms with van der Waals surface area (Å²) in [4.78, 5) is 16.7. The molecule has 0 bridgehead atoms. The van der Waals surface area contributed by atoms with Gasteiger partial charge in [-0.1, -0.05) is 19.9 Å². The van der Waals surface area contributed by atoms with Crippen molar-refractivity contribution in [1.29, 1.82) is 5.26 Å². The van der Waals surface area contributed by atoms with E-state index in [1.807, 2.05) is 7.05 Å². The first kappa shape index (κ1) is 17.5. The van der Waals surface area contributed by atoms with Crippen LogP contribution in [0, 0.1) is 17.2 Å². The molecule has 5 nitrogen and oxygen atoms in total. The van der Waals surface area contributed by atoms with Crippen LogP contribution in [-0.4, -0.2) is 59.6 Å².